The van der Waals surface area contributed by atoms with Crippen LogP contribution in [0.1, 0.15) is 40.5 Å². The molecule has 142 valence electrons. The Bertz CT molecular complexity index is 1150. The van der Waals surface area contributed by atoms with E-state index in [0.29, 0.717) is 28.9 Å². The van der Waals surface area contributed by atoms with Crippen LogP contribution < -0.4 is 5.56 Å². The van der Waals surface area contributed by atoms with Gasteiger partial charge in [0.15, 0.2) is 9.84 Å². The summed E-state index contributed by atoms with van der Waals surface area (Å²) >= 11 is 6.41. The van der Waals surface area contributed by atoms with Crippen molar-refractivity contribution < 1.29 is 8.42 Å². The van der Waals surface area contributed by atoms with Gasteiger partial charge in [-0.25, -0.2) is 17.8 Å². The van der Waals surface area contributed by atoms with Gasteiger partial charge in [-0.3, -0.25) is 4.79 Å². The van der Waals surface area contributed by atoms with Gasteiger partial charge in [-0.2, -0.15) is 15.5 Å². The summed E-state index contributed by atoms with van der Waals surface area (Å²) in [5, 5.41) is 18.0. The van der Waals surface area contributed by atoms with Gasteiger partial charge in [-0.15, -0.1) is 0 Å². The van der Waals surface area contributed by atoms with Crippen LogP contribution in [0.25, 0.3) is 0 Å². The number of halogens is 1. The molecule has 27 heavy (non-hydrogen) atoms. The molecule has 0 amide bonds. The zero-order valence-corrected chi connectivity index (χ0v) is 16.7. The largest absolute Gasteiger partial charge is 0.289 e. The van der Waals surface area contributed by atoms with E-state index >= 15 is 0 Å². The predicted molar refractivity (Wildman–Crippen MR) is 102 cm³/mol. The zero-order chi connectivity index (χ0) is 19.9. The Morgan fingerprint density at radius 1 is 1.41 bits per heavy atom. The highest BCUT2D eigenvalue weighted by molar-refractivity contribution is 7.91. The monoisotopic (exact) mass is 407 g/mol. The van der Waals surface area contributed by atoms with Crippen molar-refractivity contribution in [2.75, 3.05) is 11.5 Å². The van der Waals surface area contributed by atoms with E-state index in [1.165, 1.54) is 10.9 Å². The third kappa shape index (κ3) is 3.55. The Hall–Kier alpha value is -2.44. The Kier molecular flexibility index (Phi) is 4.97. The molecule has 1 atom stereocenters. The van der Waals surface area contributed by atoms with Crippen molar-refractivity contribution in [3.63, 3.8) is 0 Å². The molecule has 3 heterocycles. The second-order valence-corrected chi connectivity index (χ2v) is 9.20. The van der Waals surface area contributed by atoms with Crippen LogP contribution in [0.2, 0.25) is 5.15 Å². The van der Waals surface area contributed by atoms with Crippen LogP contribution in [-0.2, 0) is 9.84 Å². The van der Waals surface area contributed by atoms with Crippen molar-refractivity contribution in [3.8, 4) is 6.07 Å². The third-order valence-electron chi connectivity index (χ3n) is 4.60. The number of sulfone groups is 1. The van der Waals surface area contributed by atoms with Crippen molar-refractivity contribution >= 4 is 27.7 Å². The van der Waals surface area contributed by atoms with Crippen LogP contribution in [0.5, 0.6) is 0 Å². The summed E-state index contributed by atoms with van der Waals surface area (Å²) in [7, 11) is -3.07. The van der Waals surface area contributed by atoms with Gasteiger partial charge in [0.05, 0.1) is 35.0 Å². The molecule has 0 spiro atoms. The molecule has 0 N–H and O–H groups in total. The van der Waals surface area contributed by atoms with E-state index in [2.05, 4.69) is 10.2 Å². The van der Waals surface area contributed by atoms with Crippen molar-refractivity contribution in [2.24, 2.45) is 5.10 Å². The molecule has 0 radical (unpaired) electrons. The number of nitriles is 1. The summed E-state index contributed by atoms with van der Waals surface area (Å²) in [4.78, 5) is 12.4. The molecule has 0 aliphatic carbocycles. The number of pyridine rings is 1. The van der Waals surface area contributed by atoms with Crippen LogP contribution >= 0.6 is 11.6 Å². The smallest absolute Gasteiger partial charge is 0.266 e. The van der Waals surface area contributed by atoms with Crippen LogP contribution in [0.3, 0.4) is 0 Å². The summed E-state index contributed by atoms with van der Waals surface area (Å²) in [6.45, 7) is 5.15. The molecule has 10 heteroatoms. The molecule has 1 aliphatic rings. The first-order valence-electron chi connectivity index (χ1n) is 8.27. The topological polar surface area (TPSA) is 110 Å². The molecule has 2 aromatic rings. The molecular weight excluding hydrogens is 390 g/mol. The molecule has 0 unspecified atom stereocenters. The Labute approximate surface area is 161 Å². The SMILES string of the molecule is Cc1cc(C)n(N=Cc2c(C)nn([C@@H]3CCS(=O)(=O)C3)c2Cl)c(=O)c1C#N. The Balaban J connectivity index is 2.01. The maximum Gasteiger partial charge on any atom is 0.289 e. The predicted octanol–water partition coefficient (Wildman–Crippen LogP) is 1.74. The maximum atomic E-state index is 12.4. The van der Waals surface area contributed by atoms with E-state index in [1.807, 2.05) is 6.07 Å². The molecule has 1 fully saturated rings. The lowest BCUT2D eigenvalue weighted by atomic mass is 10.1. The molecule has 1 aliphatic heterocycles. The minimum atomic E-state index is -3.07. The van der Waals surface area contributed by atoms with E-state index < -0.39 is 15.4 Å². The average Bonchev–Trinajstić information content (AvgIpc) is 3.07. The van der Waals surface area contributed by atoms with Gasteiger partial charge in [0, 0.05) is 5.69 Å². The summed E-state index contributed by atoms with van der Waals surface area (Å²) in [6.07, 6.45) is 1.87. The first-order valence-corrected chi connectivity index (χ1v) is 10.5. The second kappa shape index (κ2) is 6.94. The van der Waals surface area contributed by atoms with E-state index in [9.17, 15) is 13.2 Å². The molecule has 0 saturated carbocycles. The third-order valence-corrected chi connectivity index (χ3v) is 6.73. The summed E-state index contributed by atoms with van der Waals surface area (Å²) < 4.78 is 26.1. The van der Waals surface area contributed by atoms with Crippen LogP contribution in [0.15, 0.2) is 16.0 Å². The fraction of sp³-hybridized carbons (Fsp3) is 0.412. The van der Waals surface area contributed by atoms with Crippen LogP contribution in [0, 0.1) is 32.1 Å². The highest BCUT2D eigenvalue weighted by Gasteiger charge is 2.31. The normalized spacial score (nSPS) is 18.9. The lowest BCUT2D eigenvalue weighted by Crippen LogP contribution is -2.22. The maximum absolute atomic E-state index is 12.4. The second-order valence-electron chi connectivity index (χ2n) is 6.61. The van der Waals surface area contributed by atoms with Crippen molar-refractivity contribution in [1.82, 2.24) is 14.5 Å². The average molecular weight is 408 g/mol. The van der Waals surface area contributed by atoms with Crippen molar-refractivity contribution in [3.05, 3.63) is 49.7 Å². The van der Waals surface area contributed by atoms with Gasteiger partial charge < -0.3 is 0 Å². The van der Waals surface area contributed by atoms with Crippen molar-refractivity contribution in [2.45, 2.75) is 33.2 Å². The summed E-state index contributed by atoms with van der Waals surface area (Å²) in [5.74, 6) is 0.123. The molecule has 0 aromatic carbocycles. The van der Waals surface area contributed by atoms with Gasteiger partial charge in [0.2, 0.25) is 0 Å². The number of rotatable bonds is 3. The highest BCUT2D eigenvalue weighted by Crippen LogP contribution is 2.29. The Morgan fingerprint density at radius 3 is 2.70 bits per heavy atom. The molecule has 3 rings (SSSR count). The number of hydrogen-bond donors (Lipinski definition) is 0. The fourth-order valence-corrected chi connectivity index (χ4v) is 5.22. The van der Waals surface area contributed by atoms with Crippen LogP contribution in [0.4, 0.5) is 0 Å². The first-order chi connectivity index (χ1) is 12.6. The van der Waals surface area contributed by atoms with Gasteiger partial charge in [0.25, 0.3) is 5.56 Å². The lowest BCUT2D eigenvalue weighted by Gasteiger charge is -2.09. The minimum absolute atomic E-state index is 0.00643. The minimum Gasteiger partial charge on any atom is -0.266 e. The van der Waals surface area contributed by atoms with E-state index in [4.69, 9.17) is 16.9 Å². The summed E-state index contributed by atoms with van der Waals surface area (Å²) in [6, 6.07) is 3.29. The standard InChI is InChI=1S/C17H18ClN5O3S/c1-10-6-11(2)22(17(24)14(10)7-19)20-8-15-12(3)21-23(16(15)18)13-4-5-27(25,26)9-13/h6,8,13H,4-5,9H2,1-3H3/t13-/m1/s1. The molecule has 0 bridgehead atoms. The van der Waals surface area contributed by atoms with E-state index in [0.717, 1.165) is 4.68 Å². The highest BCUT2D eigenvalue weighted by atomic mass is 35.5. The van der Waals surface area contributed by atoms with Gasteiger partial charge in [-0.05, 0) is 38.8 Å². The molecular formula is C17H18ClN5O3S. The Morgan fingerprint density at radius 2 is 2.11 bits per heavy atom. The van der Waals surface area contributed by atoms with E-state index in [1.54, 1.807) is 26.8 Å². The van der Waals surface area contributed by atoms with Gasteiger partial charge in [-0.1, -0.05) is 11.6 Å². The molecule has 1 saturated heterocycles. The van der Waals surface area contributed by atoms with Crippen LogP contribution in [-0.4, -0.2) is 40.6 Å². The van der Waals surface area contributed by atoms with Crippen molar-refractivity contribution in [1.29, 1.82) is 5.26 Å². The number of hydrogen-bond acceptors (Lipinski definition) is 6. The first kappa shape index (κ1) is 19.3. The quantitative estimate of drug-likeness (QED) is 0.719. The fourth-order valence-electron chi connectivity index (χ4n) is 3.17. The molecule has 8 nitrogen and oxygen atoms in total. The zero-order valence-electron chi connectivity index (χ0n) is 15.1. The number of aromatic nitrogens is 3. The van der Waals surface area contributed by atoms with Gasteiger partial charge in [0.1, 0.15) is 16.8 Å². The number of nitrogens with zero attached hydrogens (tertiary/aromatic N) is 5. The lowest BCUT2D eigenvalue weighted by molar-refractivity contribution is 0.497. The summed E-state index contributed by atoms with van der Waals surface area (Å²) in [5.41, 5.74) is 1.78. The van der Waals surface area contributed by atoms with Gasteiger partial charge >= 0.3 is 0 Å². The number of aryl methyl sites for hydroxylation is 3. The molecule has 2 aromatic heterocycles. The van der Waals surface area contributed by atoms with E-state index in [-0.39, 0.29) is 28.3 Å².